The van der Waals surface area contributed by atoms with E-state index in [0.717, 1.165) is 27.3 Å². The highest BCUT2D eigenvalue weighted by Crippen LogP contribution is 2.37. The smallest absolute Gasteiger partial charge is 0.340 e. The van der Waals surface area contributed by atoms with Crippen LogP contribution in [-0.4, -0.2) is 71.6 Å². The van der Waals surface area contributed by atoms with Crippen molar-refractivity contribution >= 4 is 45.0 Å². The van der Waals surface area contributed by atoms with Crippen molar-refractivity contribution in [3.63, 3.8) is 0 Å². The van der Waals surface area contributed by atoms with Crippen LogP contribution in [0.5, 0.6) is 0 Å². The number of halogens is 1. The number of esters is 1. The lowest BCUT2D eigenvalue weighted by molar-refractivity contribution is 0.0595. The second-order valence-electron chi connectivity index (χ2n) is 7.82. The first kappa shape index (κ1) is 24.9. The summed E-state index contributed by atoms with van der Waals surface area (Å²) in [5.74, 6) is -0.619. The largest absolute Gasteiger partial charge is 0.465 e. The van der Waals surface area contributed by atoms with E-state index in [2.05, 4.69) is 9.62 Å². The van der Waals surface area contributed by atoms with E-state index >= 15 is 0 Å². The van der Waals surface area contributed by atoms with Crippen LogP contribution >= 0.6 is 22.9 Å². The van der Waals surface area contributed by atoms with Gasteiger partial charge in [-0.1, -0.05) is 41.9 Å². The van der Waals surface area contributed by atoms with Gasteiger partial charge in [-0.2, -0.15) is 0 Å². The van der Waals surface area contributed by atoms with Crippen LogP contribution in [0.25, 0.3) is 6.08 Å². The Hall–Kier alpha value is -1.75. The minimum absolute atomic E-state index is 0.0286. The van der Waals surface area contributed by atoms with Crippen molar-refractivity contribution in [3.8, 4) is 0 Å². The van der Waals surface area contributed by atoms with Gasteiger partial charge in [0.15, 0.2) is 0 Å². The van der Waals surface area contributed by atoms with Gasteiger partial charge in [-0.15, -0.1) is 11.3 Å². The SMILES string of the molecule is COC(=O)c1c(S(=O)(=O)NCCN(C)C)sc2c1CCN(C/C(Cl)=C/c1ccccc1)C2. The quantitative estimate of drug-likeness (QED) is 0.536. The molecule has 2 heterocycles. The van der Waals surface area contributed by atoms with Crippen LogP contribution in [0.1, 0.15) is 26.4 Å². The molecule has 1 aliphatic rings. The Morgan fingerprint density at radius 1 is 1.31 bits per heavy atom. The normalized spacial score (nSPS) is 15.1. The Bertz CT molecular complexity index is 1080. The number of benzene rings is 1. The molecule has 0 unspecified atom stereocenters. The number of carbonyl (C=O) groups is 1. The highest BCUT2D eigenvalue weighted by Gasteiger charge is 2.34. The van der Waals surface area contributed by atoms with E-state index in [0.29, 0.717) is 37.6 Å². The monoisotopic (exact) mass is 497 g/mol. The van der Waals surface area contributed by atoms with Crippen LogP contribution < -0.4 is 4.72 Å². The maximum Gasteiger partial charge on any atom is 0.340 e. The number of likely N-dealkylation sites (N-methyl/N-ethyl adjacent to an activating group) is 1. The van der Waals surface area contributed by atoms with Crippen molar-refractivity contribution < 1.29 is 17.9 Å². The summed E-state index contributed by atoms with van der Waals surface area (Å²) in [5.41, 5.74) is 1.95. The van der Waals surface area contributed by atoms with Crippen molar-refractivity contribution in [2.75, 3.05) is 47.4 Å². The average molecular weight is 498 g/mol. The molecule has 0 spiro atoms. The first-order valence-electron chi connectivity index (χ1n) is 10.2. The van der Waals surface area contributed by atoms with Crippen molar-refractivity contribution in [1.82, 2.24) is 14.5 Å². The fourth-order valence-corrected chi connectivity index (χ4v) is 6.81. The molecule has 1 aromatic heterocycles. The Morgan fingerprint density at radius 3 is 2.69 bits per heavy atom. The van der Waals surface area contributed by atoms with Gasteiger partial charge in [-0.25, -0.2) is 17.9 Å². The van der Waals surface area contributed by atoms with Gasteiger partial charge in [-0.05, 0) is 37.7 Å². The summed E-state index contributed by atoms with van der Waals surface area (Å²) in [5, 5.41) is 0.697. The molecule has 174 valence electrons. The summed E-state index contributed by atoms with van der Waals surface area (Å²) in [6.07, 6.45) is 2.48. The fraction of sp³-hybridized carbons (Fsp3) is 0.409. The molecule has 2 aromatic rings. The number of hydrogen-bond donors (Lipinski definition) is 1. The Labute approximate surface area is 198 Å². The molecule has 10 heteroatoms. The molecule has 0 aliphatic carbocycles. The topological polar surface area (TPSA) is 78.9 Å². The molecule has 0 bridgehead atoms. The number of ether oxygens (including phenoxy) is 1. The molecule has 1 aromatic carbocycles. The van der Waals surface area contributed by atoms with E-state index in [-0.39, 0.29) is 16.3 Å². The molecule has 3 rings (SSSR count). The number of rotatable bonds is 9. The Kier molecular flexibility index (Phi) is 8.49. The van der Waals surface area contributed by atoms with Crippen molar-refractivity contribution in [2.45, 2.75) is 17.2 Å². The predicted octanol–water partition coefficient (Wildman–Crippen LogP) is 3.01. The van der Waals surface area contributed by atoms with E-state index in [1.54, 1.807) is 0 Å². The number of nitrogens with one attached hydrogen (secondary N) is 1. The lowest BCUT2D eigenvalue weighted by Crippen LogP contribution is -2.32. The average Bonchev–Trinajstić information content (AvgIpc) is 3.13. The number of sulfonamides is 1. The van der Waals surface area contributed by atoms with Crippen LogP contribution in [0.4, 0.5) is 0 Å². The number of hydrogen-bond acceptors (Lipinski definition) is 7. The minimum Gasteiger partial charge on any atom is -0.465 e. The Balaban J connectivity index is 1.82. The second kappa shape index (κ2) is 10.9. The first-order chi connectivity index (χ1) is 15.2. The lowest BCUT2D eigenvalue weighted by Gasteiger charge is -2.26. The third-order valence-electron chi connectivity index (χ3n) is 5.09. The van der Waals surface area contributed by atoms with E-state index in [9.17, 15) is 13.2 Å². The molecular formula is C22H28ClN3O4S2. The number of fused-ring (bicyclic) bond motifs is 1. The molecule has 0 saturated carbocycles. The van der Waals surface area contributed by atoms with Gasteiger partial charge in [0.25, 0.3) is 10.0 Å². The second-order valence-corrected chi connectivity index (χ2v) is 11.4. The van der Waals surface area contributed by atoms with E-state index in [1.807, 2.05) is 55.4 Å². The molecule has 1 aliphatic heterocycles. The number of carbonyl (C=O) groups excluding carboxylic acids is 1. The van der Waals surface area contributed by atoms with Gasteiger partial charge >= 0.3 is 5.97 Å². The maximum atomic E-state index is 13.0. The summed E-state index contributed by atoms with van der Waals surface area (Å²) < 4.78 is 33.5. The first-order valence-corrected chi connectivity index (χ1v) is 12.9. The summed E-state index contributed by atoms with van der Waals surface area (Å²) in [6, 6.07) is 9.83. The van der Waals surface area contributed by atoms with Crippen LogP contribution in [0, 0.1) is 0 Å². The number of nitrogens with zero attached hydrogens (tertiary/aromatic N) is 2. The predicted molar refractivity (Wildman–Crippen MR) is 129 cm³/mol. The standard InChI is InChI=1S/C22H28ClN3O4S2/c1-25(2)12-10-24-32(28,29)22-20(21(27)30-3)18-9-11-26(15-19(18)31-22)14-17(23)13-16-7-5-4-6-8-16/h4-8,13,24H,9-12,14-15H2,1-3H3/b17-13-. The lowest BCUT2D eigenvalue weighted by atomic mass is 10.0. The molecule has 32 heavy (non-hydrogen) atoms. The third kappa shape index (κ3) is 6.18. The third-order valence-corrected chi connectivity index (χ3v) is 8.51. The molecule has 0 saturated heterocycles. The molecule has 0 fully saturated rings. The van der Waals surface area contributed by atoms with Crippen LogP contribution in [0.15, 0.2) is 39.6 Å². The van der Waals surface area contributed by atoms with Crippen LogP contribution in [0.2, 0.25) is 0 Å². The molecular weight excluding hydrogens is 470 g/mol. The molecule has 0 amide bonds. The number of thiophene rings is 1. The van der Waals surface area contributed by atoms with Gasteiger partial charge < -0.3 is 9.64 Å². The van der Waals surface area contributed by atoms with Gasteiger partial charge in [0, 0.05) is 42.6 Å². The van der Waals surface area contributed by atoms with E-state index in [4.69, 9.17) is 16.3 Å². The minimum atomic E-state index is -3.83. The Morgan fingerprint density at radius 2 is 2.03 bits per heavy atom. The maximum absolute atomic E-state index is 13.0. The highest BCUT2D eigenvalue weighted by molar-refractivity contribution is 7.91. The van der Waals surface area contributed by atoms with E-state index < -0.39 is 16.0 Å². The fourth-order valence-electron chi connectivity index (χ4n) is 3.52. The molecule has 7 nitrogen and oxygen atoms in total. The molecule has 1 N–H and O–H groups in total. The molecule has 0 radical (unpaired) electrons. The summed E-state index contributed by atoms with van der Waals surface area (Å²) in [4.78, 5) is 17.4. The zero-order valence-corrected chi connectivity index (χ0v) is 20.8. The van der Waals surface area contributed by atoms with Crippen LogP contribution in [0.3, 0.4) is 0 Å². The van der Waals surface area contributed by atoms with Crippen molar-refractivity contribution in [2.24, 2.45) is 0 Å². The van der Waals surface area contributed by atoms with Gasteiger partial charge in [0.05, 0.1) is 12.7 Å². The van der Waals surface area contributed by atoms with Gasteiger partial charge in [0.2, 0.25) is 0 Å². The van der Waals surface area contributed by atoms with Crippen molar-refractivity contribution in [1.29, 1.82) is 0 Å². The summed E-state index contributed by atoms with van der Waals surface area (Å²) in [7, 11) is 1.17. The summed E-state index contributed by atoms with van der Waals surface area (Å²) >= 11 is 7.62. The van der Waals surface area contributed by atoms with Crippen LogP contribution in [-0.2, 0) is 27.7 Å². The van der Waals surface area contributed by atoms with Crippen molar-refractivity contribution in [3.05, 3.63) is 56.9 Å². The summed E-state index contributed by atoms with van der Waals surface area (Å²) in [6.45, 7) is 2.54. The molecule has 0 atom stereocenters. The van der Waals surface area contributed by atoms with Gasteiger partial charge in [-0.3, -0.25) is 4.90 Å². The zero-order valence-electron chi connectivity index (χ0n) is 18.4. The van der Waals surface area contributed by atoms with E-state index in [1.165, 1.54) is 7.11 Å². The highest BCUT2D eigenvalue weighted by atomic mass is 35.5. The van der Waals surface area contributed by atoms with Gasteiger partial charge in [0.1, 0.15) is 4.21 Å². The zero-order chi connectivity index (χ0) is 23.3. The number of methoxy groups -OCH3 is 1.